The first-order valence-corrected chi connectivity index (χ1v) is 5.69. The zero-order valence-electron chi connectivity index (χ0n) is 7.23. The van der Waals surface area contributed by atoms with Gasteiger partial charge in [-0.2, -0.15) is 0 Å². The Morgan fingerprint density at radius 2 is 2.23 bits per heavy atom. The molecule has 1 atom stereocenters. The largest absolute Gasteiger partial charge is 0.465 e. The van der Waals surface area contributed by atoms with Crippen molar-refractivity contribution in [2.75, 3.05) is 19.3 Å². The molecular formula is C6H12N2O4S. The molecule has 0 aromatic heterocycles. The number of sulfonamides is 1. The highest BCUT2D eigenvalue weighted by molar-refractivity contribution is 7.88. The van der Waals surface area contributed by atoms with Crippen molar-refractivity contribution < 1.29 is 18.3 Å². The second-order valence-electron chi connectivity index (χ2n) is 3.06. The maximum atomic E-state index is 11.0. The standard InChI is InChI=1S/C6H12N2O4S/c1-13(11,12)8-3-2-5(4-8)7-6(9)10/h5,7H,2-4H2,1H3,(H,9,10)/t5-/m1/s1. The Hall–Kier alpha value is -0.820. The molecule has 0 spiro atoms. The van der Waals surface area contributed by atoms with E-state index in [1.54, 1.807) is 0 Å². The van der Waals surface area contributed by atoms with Crippen LogP contribution in [-0.2, 0) is 10.0 Å². The second kappa shape index (κ2) is 3.51. The third-order valence-electron chi connectivity index (χ3n) is 1.95. The van der Waals surface area contributed by atoms with Gasteiger partial charge in [0.1, 0.15) is 0 Å². The molecular weight excluding hydrogens is 196 g/mol. The number of hydrogen-bond acceptors (Lipinski definition) is 3. The van der Waals surface area contributed by atoms with Crippen LogP contribution in [0, 0.1) is 0 Å². The summed E-state index contributed by atoms with van der Waals surface area (Å²) in [6, 6.07) is -0.271. The molecule has 13 heavy (non-hydrogen) atoms. The predicted octanol–water partition coefficient (Wildman–Crippen LogP) is -0.712. The number of nitrogens with zero attached hydrogens (tertiary/aromatic N) is 1. The van der Waals surface area contributed by atoms with Crippen LogP contribution in [0.3, 0.4) is 0 Å². The van der Waals surface area contributed by atoms with E-state index >= 15 is 0 Å². The van der Waals surface area contributed by atoms with Crippen molar-refractivity contribution >= 4 is 16.1 Å². The van der Waals surface area contributed by atoms with E-state index in [-0.39, 0.29) is 12.6 Å². The average Bonchev–Trinajstić information content (AvgIpc) is 2.32. The summed E-state index contributed by atoms with van der Waals surface area (Å²) in [4.78, 5) is 10.2. The minimum atomic E-state index is -3.17. The van der Waals surface area contributed by atoms with Gasteiger partial charge in [-0.3, -0.25) is 0 Å². The lowest BCUT2D eigenvalue weighted by atomic mass is 10.3. The van der Waals surface area contributed by atoms with Gasteiger partial charge >= 0.3 is 6.09 Å². The fraction of sp³-hybridized carbons (Fsp3) is 0.833. The van der Waals surface area contributed by atoms with Gasteiger partial charge in [0.05, 0.1) is 6.26 Å². The molecule has 7 heteroatoms. The second-order valence-corrected chi connectivity index (χ2v) is 5.04. The average molecular weight is 208 g/mol. The fourth-order valence-corrected chi connectivity index (χ4v) is 2.21. The molecule has 1 heterocycles. The van der Waals surface area contributed by atoms with Gasteiger partial charge < -0.3 is 10.4 Å². The van der Waals surface area contributed by atoms with Crippen LogP contribution in [0.2, 0.25) is 0 Å². The fourth-order valence-electron chi connectivity index (χ4n) is 1.32. The van der Waals surface area contributed by atoms with E-state index in [1.807, 2.05) is 0 Å². The molecule has 0 aliphatic carbocycles. The molecule has 1 fully saturated rings. The van der Waals surface area contributed by atoms with Crippen LogP contribution in [0.25, 0.3) is 0 Å². The van der Waals surface area contributed by atoms with Gasteiger partial charge in [0.2, 0.25) is 10.0 Å². The normalized spacial score (nSPS) is 24.5. The van der Waals surface area contributed by atoms with Crippen molar-refractivity contribution in [2.45, 2.75) is 12.5 Å². The van der Waals surface area contributed by atoms with Gasteiger partial charge in [-0.1, -0.05) is 0 Å². The van der Waals surface area contributed by atoms with Crippen molar-refractivity contribution in [3.63, 3.8) is 0 Å². The topological polar surface area (TPSA) is 86.7 Å². The number of carboxylic acid groups (broad SMARTS) is 1. The molecule has 1 saturated heterocycles. The predicted molar refractivity (Wildman–Crippen MR) is 46.0 cm³/mol. The number of amides is 1. The molecule has 0 aromatic carbocycles. The molecule has 6 nitrogen and oxygen atoms in total. The van der Waals surface area contributed by atoms with E-state index in [2.05, 4.69) is 5.32 Å². The van der Waals surface area contributed by atoms with Gasteiger partial charge in [-0.05, 0) is 6.42 Å². The number of nitrogens with one attached hydrogen (secondary N) is 1. The number of rotatable bonds is 2. The van der Waals surface area contributed by atoms with Crippen molar-refractivity contribution in [3.05, 3.63) is 0 Å². The quantitative estimate of drug-likeness (QED) is 0.627. The highest BCUT2D eigenvalue weighted by atomic mass is 32.2. The van der Waals surface area contributed by atoms with Crippen LogP contribution in [-0.4, -0.2) is 49.3 Å². The molecule has 0 bridgehead atoms. The Morgan fingerprint density at radius 3 is 2.62 bits per heavy atom. The molecule has 0 saturated carbocycles. The van der Waals surface area contributed by atoms with Gasteiger partial charge in [0.15, 0.2) is 0 Å². The maximum Gasteiger partial charge on any atom is 0.404 e. The molecule has 2 N–H and O–H groups in total. The summed E-state index contributed by atoms with van der Waals surface area (Å²) in [5.41, 5.74) is 0. The Bertz CT molecular complexity index is 300. The van der Waals surface area contributed by atoms with Crippen LogP contribution in [0.4, 0.5) is 4.79 Å². The van der Waals surface area contributed by atoms with Crippen LogP contribution in [0.1, 0.15) is 6.42 Å². The van der Waals surface area contributed by atoms with Crippen LogP contribution in [0.5, 0.6) is 0 Å². The Morgan fingerprint density at radius 1 is 1.62 bits per heavy atom. The summed E-state index contributed by atoms with van der Waals surface area (Å²) >= 11 is 0. The molecule has 0 aromatic rings. The molecule has 0 radical (unpaired) electrons. The molecule has 76 valence electrons. The zero-order valence-corrected chi connectivity index (χ0v) is 8.04. The van der Waals surface area contributed by atoms with Gasteiger partial charge in [-0.15, -0.1) is 0 Å². The van der Waals surface area contributed by atoms with Gasteiger partial charge in [0.25, 0.3) is 0 Å². The monoisotopic (exact) mass is 208 g/mol. The molecule has 0 unspecified atom stereocenters. The minimum Gasteiger partial charge on any atom is -0.465 e. The van der Waals surface area contributed by atoms with E-state index in [4.69, 9.17) is 5.11 Å². The third-order valence-corrected chi connectivity index (χ3v) is 3.22. The summed E-state index contributed by atoms with van der Waals surface area (Å²) in [6.45, 7) is 0.634. The summed E-state index contributed by atoms with van der Waals surface area (Å²) in [5, 5.41) is 10.6. The van der Waals surface area contributed by atoms with Crippen molar-refractivity contribution in [1.29, 1.82) is 0 Å². The van der Waals surface area contributed by atoms with Crippen LogP contribution < -0.4 is 5.32 Å². The lowest BCUT2D eigenvalue weighted by Crippen LogP contribution is -2.37. The maximum absolute atomic E-state index is 11.0. The summed E-state index contributed by atoms with van der Waals surface area (Å²) in [7, 11) is -3.17. The Balaban J connectivity index is 2.50. The van der Waals surface area contributed by atoms with Crippen LogP contribution >= 0.6 is 0 Å². The first-order chi connectivity index (χ1) is 5.89. The van der Waals surface area contributed by atoms with Crippen LogP contribution in [0.15, 0.2) is 0 Å². The first kappa shape index (κ1) is 10.3. The number of hydrogen-bond donors (Lipinski definition) is 2. The zero-order chi connectivity index (χ0) is 10.1. The van der Waals surface area contributed by atoms with E-state index in [0.29, 0.717) is 13.0 Å². The summed E-state index contributed by atoms with van der Waals surface area (Å²) in [5.74, 6) is 0. The molecule has 1 aliphatic rings. The molecule has 1 rings (SSSR count). The van der Waals surface area contributed by atoms with Crippen molar-refractivity contribution in [3.8, 4) is 0 Å². The lowest BCUT2D eigenvalue weighted by Gasteiger charge is -2.12. The summed E-state index contributed by atoms with van der Waals surface area (Å²) in [6.07, 6.45) is 0.551. The molecule has 1 aliphatic heterocycles. The lowest BCUT2D eigenvalue weighted by molar-refractivity contribution is 0.190. The van der Waals surface area contributed by atoms with Gasteiger partial charge in [0, 0.05) is 19.1 Å². The smallest absolute Gasteiger partial charge is 0.404 e. The van der Waals surface area contributed by atoms with E-state index in [0.717, 1.165) is 6.26 Å². The van der Waals surface area contributed by atoms with Gasteiger partial charge in [-0.25, -0.2) is 17.5 Å². The minimum absolute atomic E-state index is 0.241. The van der Waals surface area contributed by atoms with Crippen molar-refractivity contribution in [2.24, 2.45) is 0 Å². The highest BCUT2D eigenvalue weighted by Gasteiger charge is 2.29. The van der Waals surface area contributed by atoms with E-state index < -0.39 is 16.1 Å². The number of carbonyl (C=O) groups is 1. The third kappa shape index (κ3) is 2.85. The first-order valence-electron chi connectivity index (χ1n) is 3.84. The van der Waals surface area contributed by atoms with Crippen molar-refractivity contribution in [1.82, 2.24) is 9.62 Å². The van der Waals surface area contributed by atoms with E-state index in [1.165, 1.54) is 4.31 Å². The Kier molecular flexibility index (Phi) is 2.77. The van der Waals surface area contributed by atoms with E-state index in [9.17, 15) is 13.2 Å². The SMILES string of the molecule is CS(=O)(=O)N1CC[C@@H](NC(=O)O)C1. The molecule has 1 amide bonds. The summed E-state index contributed by atoms with van der Waals surface area (Å²) < 4.78 is 23.3. The highest BCUT2D eigenvalue weighted by Crippen LogP contribution is 2.12. The Labute approximate surface area is 76.6 Å².